The van der Waals surface area contributed by atoms with Crippen LogP contribution in [-0.4, -0.2) is 125 Å². The van der Waals surface area contributed by atoms with Gasteiger partial charge in [-0.25, -0.2) is 9.59 Å². The van der Waals surface area contributed by atoms with Crippen LogP contribution in [0.4, 0.5) is 9.59 Å². The van der Waals surface area contributed by atoms with Gasteiger partial charge in [0.1, 0.15) is 34.4 Å². The van der Waals surface area contributed by atoms with Gasteiger partial charge in [-0.15, -0.1) is 0 Å². The molecule has 5 aliphatic rings. The molecule has 8 amide bonds. The summed E-state index contributed by atoms with van der Waals surface area (Å²) in [6.07, 6.45) is 6.86. The predicted molar refractivity (Wildman–Crippen MR) is 258 cm³/mol. The van der Waals surface area contributed by atoms with E-state index in [1.165, 1.54) is 18.7 Å². The SMILES string of the molecule is C=Cc1oc([C@]2(CN3CCc4ccc(OC)cc4C3=O)NC(=O)NC2=O)cc1/C=C\COC.COc1ccc2c(c1)C(=O)N(C)C2.O=C1NC(=O)[C@H](c2cc3cc(CN4CCCNCC4)ccc3o2)N1. The fourth-order valence-corrected chi connectivity index (χ4v) is 8.95. The van der Waals surface area contributed by atoms with Crippen molar-refractivity contribution >= 4 is 58.8 Å². The third-order valence-electron chi connectivity index (χ3n) is 12.6. The average molecular weight is 957 g/mol. The molecule has 5 aromatic rings. The number of hydrogen-bond donors (Lipinski definition) is 5. The molecule has 2 aromatic heterocycles. The fraction of sp³-hybridized carbons (Fsp3) is 0.333. The van der Waals surface area contributed by atoms with Gasteiger partial charge in [0, 0.05) is 69.0 Å². The molecule has 366 valence electrons. The van der Waals surface area contributed by atoms with Crippen molar-refractivity contribution in [3.63, 3.8) is 0 Å². The van der Waals surface area contributed by atoms with E-state index in [0.29, 0.717) is 54.5 Å². The van der Waals surface area contributed by atoms with E-state index in [-0.39, 0.29) is 30.0 Å². The summed E-state index contributed by atoms with van der Waals surface area (Å²) < 4.78 is 27.0. The van der Waals surface area contributed by atoms with Crippen LogP contribution in [0, 0.1) is 0 Å². The smallest absolute Gasteiger partial charge is 0.322 e. The summed E-state index contributed by atoms with van der Waals surface area (Å²) in [5, 5.41) is 14.1. The molecule has 0 spiro atoms. The van der Waals surface area contributed by atoms with E-state index >= 15 is 0 Å². The van der Waals surface area contributed by atoms with Gasteiger partial charge in [-0.3, -0.25) is 34.7 Å². The van der Waals surface area contributed by atoms with Crippen LogP contribution in [0.1, 0.15) is 72.7 Å². The average Bonchev–Trinajstić information content (AvgIpc) is 4.14. The van der Waals surface area contributed by atoms with Crippen LogP contribution in [0.25, 0.3) is 23.1 Å². The van der Waals surface area contributed by atoms with Gasteiger partial charge < -0.3 is 48.8 Å². The van der Waals surface area contributed by atoms with E-state index in [1.807, 2.05) is 36.4 Å². The highest BCUT2D eigenvalue weighted by molar-refractivity contribution is 6.08. The van der Waals surface area contributed by atoms with Crippen LogP contribution >= 0.6 is 0 Å². The number of methoxy groups -OCH3 is 3. The maximum atomic E-state index is 13.3. The van der Waals surface area contributed by atoms with Gasteiger partial charge in [-0.1, -0.05) is 36.9 Å². The number of fused-ring (bicyclic) bond motifs is 3. The first kappa shape index (κ1) is 48.7. The molecule has 19 nitrogen and oxygen atoms in total. The normalized spacial score (nSPS) is 19.9. The number of urea groups is 2. The molecule has 0 radical (unpaired) electrons. The standard InChI is InChI=1S/C24H25N3O6.C17H20N4O3.C10H11NO2/c1-4-19-16(6-5-11-31-2)12-20(33-19)24(22(29)25-23(30)26-24)14-27-10-9-15-7-8-17(32-3)13-18(15)21(27)28;22-16-15(19-17(23)20-16)14-9-12-8-11(2-3-13(12)24-14)10-21-6-1-4-18-5-7-21;1-11-6-7-3-4-8(13-2)5-9(7)10(11)12/h4-8,12-13H,1,9-11,14H2,2-3H3,(H2,25,26,29,30);2-3,8-9,15,18H,1,4-7,10H2,(H2,19,20,22,23);3-5H,6H2,1-2H3/b6-5-;;/t24-;15-;/m00./s1. The molecule has 0 saturated carbocycles. The first-order chi connectivity index (χ1) is 33.8. The Hall–Kier alpha value is -7.74. The Morgan fingerprint density at radius 1 is 0.814 bits per heavy atom. The number of carbonyl (C=O) groups excluding carboxylic acids is 6. The minimum absolute atomic E-state index is 0.0777. The van der Waals surface area contributed by atoms with E-state index in [1.54, 1.807) is 61.4 Å². The van der Waals surface area contributed by atoms with Gasteiger partial charge >= 0.3 is 12.1 Å². The third kappa shape index (κ3) is 10.5. The zero-order valence-electron chi connectivity index (χ0n) is 39.5. The quantitative estimate of drug-likeness (QED) is 0.107. The summed E-state index contributed by atoms with van der Waals surface area (Å²) in [6.45, 7) is 10.3. The number of furan rings is 2. The van der Waals surface area contributed by atoms with Crippen LogP contribution in [0.3, 0.4) is 0 Å². The van der Waals surface area contributed by atoms with Crippen molar-refractivity contribution in [3.8, 4) is 11.5 Å². The Bertz CT molecular complexity index is 2860. The molecule has 5 N–H and O–H groups in total. The number of nitrogens with one attached hydrogen (secondary N) is 5. The number of rotatable bonds is 12. The van der Waals surface area contributed by atoms with Crippen molar-refractivity contribution in [2.75, 3.05) is 74.3 Å². The van der Waals surface area contributed by atoms with Gasteiger partial charge in [0.2, 0.25) is 0 Å². The zero-order chi connectivity index (χ0) is 49.5. The predicted octanol–water partition coefficient (Wildman–Crippen LogP) is 4.71. The molecule has 3 aromatic carbocycles. The lowest BCUT2D eigenvalue weighted by Gasteiger charge is -2.34. The Morgan fingerprint density at radius 3 is 2.26 bits per heavy atom. The monoisotopic (exact) mass is 956 g/mol. The fourth-order valence-electron chi connectivity index (χ4n) is 8.95. The van der Waals surface area contributed by atoms with E-state index in [4.69, 9.17) is 23.0 Å². The lowest BCUT2D eigenvalue weighted by atomic mass is 9.92. The number of carbonyl (C=O) groups is 6. The first-order valence-corrected chi connectivity index (χ1v) is 22.8. The Balaban J connectivity index is 0.000000154. The number of ether oxygens (including phenoxy) is 3. The number of benzene rings is 3. The number of imide groups is 2. The Labute approximate surface area is 404 Å². The molecule has 70 heavy (non-hydrogen) atoms. The largest absolute Gasteiger partial charge is 0.497 e. The summed E-state index contributed by atoms with van der Waals surface area (Å²) in [5.41, 5.74) is 4.30. The second-order valence-corrected chi connectivity index (χ2v) is 17.3. The highest BCUT2D eigenvalue weighted by Gasteiger charge is 2.52. The minimum atomic E-state index is -1.58. The lowest BCUT2D eigenvalue weighted by Crippen LogP contribution is -2.55. The number of hydrogen-bond acceptors (Lipinski definition) is 13. The third-order valence-corrected chi connectivity index (χ3v) is 12.6. The van der Waals surface area contributed by atoms with E-state index in [2.05, 4.69) is 50.2 Å². The zero-order valence-corrected chi connectivity index (χ0v) is 39.5. The molecule has 3 fully saturated rings. The van der Waals surface area contributed by atoms with Crippen molar-refractivity contribution in [2.45, 2.75) is 37.5 Å². The maximum Gasteiger partial charge on any atom is 0.322 e. The van der Waals surface area contributed by atoms with Crippen LogP contribution in [0.15, 0.2) is 88.2 Å². The highest BCUT2D eigenvalue weighted by atomic mass is 16.5. The van der Waals surface area contributed by atoms with Crippen molar-refractivity contribution in [2.24, 2.45) is 0 Å². The summed E-state index contributed by atoms with van der Waals surface area (Å²) in [5.74, 6) is 1.28. The summed E-state index contributed by atoms with van der Waals surface area (Å²) in [6, 6.07) is 18.7. The molecule has 3 saturated heterocycles. The van der Waals surface area contributed by atoms with Crippen LogP contribution in [-0.2, 0) is 39.4 Å². The number of amides is 8. The van der Waals surface area contributed by atoms with Gasteiger partial charge in [-0.2, -0.15) is 0 Å². The summed E-state index contributed by atoms with van der Waals surface area (Å²) in [4.78, 5) is 78.7. The minimum Gasteiger partial charge on any atom is -0.497 e. The maximum absolute atomic E-state index is 13.3. The van der Waals surface area contributed by atoms with Crippen LogP contribution in [0.5, 0.6) is 11.5 Å². The topological polar surface area (TPSA) is 226 Å². The number of nitrogens with zero attached hydrogens (tertiary/aromatic N) is 3. The Morgan fingerprint density at radius 2 is 1.57 bits per heavy atom. The van der Waals surface area contributed by atoms with Gasteiger partial charge in [0.25, 0.3) is 23.6 Å². The molecule has 0 aliphatic carbocycles. The van der Waals surface area contributed by atoms with Gasteiger partial charge in [0.15, 0.2) is 11.6 Å². The van der Waals surface area contributed by atoms with Crippen LogP contribution < -0.4 is 36.1 Å². The highest BCUT2D eigenvalue weighted by Crippen LogP contribution is 2.34. The molecule has 2 atom stereocenters. The second kappa shape index (κ2) is 21.3. The molecule has 0 unspecified atom stereocenters. The van der Waals surface area contributed by atoms with Crippen molar-refractivity contribution < 1.29 is 51.8 Å². The lowest BCUT2D eigenvalue weighted by molar-refractivity contribution is -0.125. The van der Waals surface area contributed by atoms with Crippen molar-refractivity contribution in [1.82, 2.24) is 41.3 Å². The van der Waals surface area contributed by atoms with Gasteiger partial charge in [0.05, 0.1) is 27.4 Å². The first-order valence-electron chi connectivity index (χ1n) is 22.8. The van der Waals surface area contributed by atoms with E-state index < -0.39 is 29.6 Å². The molecule has 0 bridgehead atoms. The Kier molecular flexibility index (Phi) is 14.8. The van der Waals surface area contributed by atoms with Crippen LogP contribution in [0.2, 0.25) is 0 Å². The van der Waals surface area contributed by atoms with E-state index in [0.717, 1.165) is 72.6 Å². The molecule has 10 rings (SSSR count). The molecular weight excluding hydrogens is 901 g/mol. The molecular formula is C51H56N8O11. The second-order valence-electron chi connectivity index (χ2n) is 17.3. The van der Waals surface area contributed by atoms with E-state index in [9.17, 15) is 28.8 Å². The van der Waals surface area contributed by atoms with Crippen molar-refractivity contribution in [3.05, 3.63) is 130 Å². The molecule has 7 heterocycles. The molecule has 5 aliphatic heterocycles. The summed E-state index contributed by atoms with van der Waals surface area (Å²) in [7, 11) is 6.52. The van der Waals surface area contributed by atoms with Gasteiger partial charge in [-0.05, 0) is 97.2 Å². The van der Waals surface area contributed by atoms with Crippen molar-refractivity contribution in [1.29, 1.82) is 0 Å². The molecule has 19 heteroatoms. The summed E-state index contributed by atoms with van der Waals surface area (Å²) >= 11 is 0.